The van der Waals surface area contributed by atoms with Gasteiger partial charge in [-0.25, -0.2) is 9.97 Å². The van der Waals surface area contributed by atoms with Crippen molar-refractivity contribution in [1.29, 1.82) is 0 Å². The molecule has 1 aliphatic rings. The molecule has 0 atom stereocenters. The zero-order valence-corrected chi connectivity index (χ0v) is 12.5. The molecule has 1 fully saturated rings. The highest BCUT2D eigenvalue weighted by atomic mass is 15.1. The van der Waals surface area contributed by atoms with E-state index in [2.05, 4.69) is 20.6 Å². The van der Waals surface area contributed by atoms with E-state index < -0.39 is 0 Å². The lowest BCUT2D eigenvalue weighted by atomic mass is 10.1. The van der Waals surface area contributed by atoms with Crippen LogP contribution >= 0.6 is 0 Å². The van der Waals surface area contributed by atoms with Crippen LogP contribution in [0.4, 0.5) is 5.95 Å². The molecule has 4 heteroatoms. The largest absolute Gasteiger partial charge is 0.353 e. The number of para-hydroxylation sites is 1. The molecule has 112 valence electrons. The highest BCUT2D eigenvalue weighted by molar-refractivity contribution is 5.78. The summed E-state index contributed by atoms with van der Waals surface area (Å²) in [6, 6.07) is 8.77. The van der Waals surface area contributed by atoms with Crippen LogP contribution in [0.2, 0.25) is 0 Å². The van der Waals surface area contributed by atoms with Crippen molar-refractivity contribution in [1.82, 2.24) is 15.3 Å². The molecule has 0 bridgehead atoms. The number of anilines is 1. The second-order valence-electron chi connectivity index (χ2n) is 5.82. The number of hydrogen-bond donors (Lipinski definition) is 2. The van der Waals surface area contributed by atoms with Crippen molar-refractivity contribution in [3.8, 4) is 0 Å². The smallest absolute Gasteiger partial charge is 0.223 e. The van der Waals surface area contributed by atoms with E-state index >= 15 is 0 Å². The van der Waals surface area contributed by atoms with Crippen LogP contribution in [0.15, 0.2) is 30.5 Å². The standard InChI is InChI=1S/C17H24N4/c1-2-4-9-15(8-3-1)18-11-12-19-17-20-13-14-7-5-6-10-16(14)21-17/h5-7,10,13,15,18H,1-4,8-9,11-12H2,(H,19,20,21). The van der Waals surface area contributed by atoms with Crippen LogP contribution in [-0.2, 0) is 0 Å². The monoisotopic (exact) mass is 284 g/mol. The number of aromatic nitrogens is 2. The molecule has 21 heavy (non-hydrogen) atoms. The molecule has 1 aromatic heterocycles. The first-order chi connectivity index (χ1) is 10.4. The number of hydrogen-bond acceptors (Lipinski definition) is 4. The first kappa shape index (κ1) is 14.3. The minimum absolute atomic E-state index is 0.701. The van der Waals surface area contributed by atoms with Crippen molar-refractivity contribution in [3.05, 3.63) is 30.5 Å². The summed E-state index contributed by atoms with van der Waals surface area (Å²) in [5.41, 5.74) is 0.992. The van der Waals surface area contributed by atoms with Gasteiger partial charge in [0.25, 0.3) is 0 Å². The predicted molar refractivity (Wildman–Crippen MR) is 87.5 cm³/mol. The Morgan fingerprint density at radius 3 is 2.67 bits per heavy atom. The molecule has 2 aromatic rings. The Hall–Kier alpha value is -1.68. The maximum absolute atomic E-state index is 4.52. The molecule has 0 spiro atoms. The molecule has 0 saturated heterocycles. The van der Waals surface area contributed by atoms with Gasteiger partial charge in [0.15, 0.2) is 0 Å². The number of nitrogens with one attached hydrogen (secondary N) is 2. The van der Waals surface area contributed by atoms with E-state index in [0.717, 1.165) is 29.9 Å². The maximum atomic E-state index is 4.52. The third kappa shape index (κ3) is 4.14. The minimum Gasteiger partial charge on any atom is -0.353 e. The van der Waals surface area contributed by atoms with Crippen LogP contribution in [0.3, 0.4) is 0 Å². The van der Waals surface area contributed by atoms with Gasteiger partial charge in [0.05, 0.1) is 5.52 Å². The molecule has 1 aliphatic carbocycles. The van der Waals surface area contributed by atoms with Gasteiger partial charge in [0, 0.05) is 30.7 Å². The Balaban J connectivity index is 1.45. The topological polar surface area (TPSA) is 49.8 Å². The third-order valence-electron chi connectivity index (χ3n) is 4.19. The Labute approximate surface area is 126 Å². The first-order valence-electron chi connectivity index (χ1n) is 8.11. The van der Waals surface area contributed by atoms with Crippen molar-refractivity contribution in [2.24, 2.45) is 0 Å². The molecule has 1 saturated carbocycles. The molecule has 0 radical (unpaired) electrons. The van der Waals surface area contributed by atoms with E-state index in [1.165, 1.54) is 38.5 Å². The van der Waals surface area contributed by atoms with E-state index in [1.807, 2.05) is 30.5 Å². The van der Waals surface area contributed by atoms with Gasteiger partial charge in [-0.15, -0.1) is 0 Å². The van der Waals surface area contributed by atoms with Crippen LogP contribution in [0.25, 0.3) is 10.9 Å². The normalized spacial score (nSPS) is 16.8. The highest BCUT2D eigenvalue weighted by Gasteiger charge is 2.10. The van der Waals surface area contributed by atoms with Crippen molar-refractivity contribution in [2.75, 3.05) is 18.4 Å². The Morgan fingerprint density at radius 1 is 1.00 bits per heavy atom. The molecule has 2 N–H and O–H groups in total. The van der Waals surface area contributed by atoms with Crippen molar-refractivity contribution in [2.45, 2.75) is 44.6 Å². The number of rotatable bonds is 5. The Bertz CT molecular complexity index is 561. The van der Waals surface area contributed by atoms with Crippen LogP contribution in [0.1, 0.15) is 38.5 Å². The van der Waals surface area contributed by atoms with E-state index in [-0.39, 0.29) is 0 Å². The van der Waals surface area contributed by atoms with E-state index in [4.69, 9.17) is 0 Å². The average molecular weight is 284 g/mol. The van der Waals surface area contributed by atoms with Gasteiger partial charge in [-0.1, -0.05) is 43.9 Å². The quantitative estimate of drug-likeness (QED) is 0.653. The first-order valence-corrected chi connectivity index (χ1v) is 8.11. The summed E-state index contributed by atoms with van der Waals surface area (Å²) in [4.78, 5) is 8.88. The summed E-state index contributed by atoms with van der Waals surface area (Å²) in [5, 5.41) is 8.04. The van der Waals surface area contributed by atoms with Gasteiger partial charge >= 0.3 is 0 Å². The lowest BCUT2D eigenvalue weighted by molar-refractivity contribution is 0.468. The maximum Gasteiger partial charge on any atom is 0.223 e. The second kappa shape index (κ2) is 7.36. The zero-order valence-electron chi connectivity index (χ0n) is 12.5. The van der Waals surface area contributed by atoms with Gasteiger partial charge < -0.3 is 10.6 Å². The Morgan fingerprint density at radius 2 is 1.81 bits per heavy atom. The summed E-state index contributed by atoms with van der Waals surface area (Å²) in [7, 11) is 0. The number of fused-ring (bicyclic) bond motifs is 1. The summed E-state index contributed by atoms with van der Waals surface area (Å²) < 4.78 is 0. The SMILES string of the molecule is c1ccc2nc(NCCNC3CCCCCC3)ncc2c1. The van der Waals surface area contributed by atoms with Gasteiger partial charge in [0.1, 0.15) is 0 Å². The van der Waals surface area contributed by atoms with Gasteiger partial charge in [-0.2, -0.15) is 0 Å². The van der Waals surface area contributed by atoms with Crippen LogP contribution < -0.4 is 10.6 Å². The molecular weight excluding hydrogens is 260 g/mol. The van der Waals surface area contributed by atoms with Crippen molar-refractivity contribution < 1.29 is 0 Å². The van der Waals surface area contributed by atoms with Crippen LogP contribution in [0, 0.1) is 0 Å². The fourth-order valence-electron chi connectivity index (χ4n) is 2.99. The lowest BCUT2D eigenvalue weighted by Gasteiger charge is -2.16. The van der Waals surface area contributed by atoms with Crippen LogP contribution in [-0.4, -0.2) is 29.1 Å². The van der Waals surface area contributed by atoms with E-state index in [0.29, 0.717) is 6.04 Å². The molecule has 0 aliphatic heterocycles. The van der Waals surface area contributed by atoms with Gasteiger partial charge in [-0.05, 0) is 18.9 Å². The molecule has 0 unspecified atom stereocenters. The fraction of sp³-hybridized carbons (Fsp3) is 0.529. The highest BCUT2D eigenvalue weighted by Crippen LogP contribution is 2.17. The van der Waals surface area contributed by atoms with Gasteiger partial charge in [0.2, 0.25) is 5.95 Å². The van der Waals surface area contributed by atoms with E-state index in [1.54, 1.807) is 0 Å². The summed E-state index contributed by atoms with van der Waals surface area (Å²) in [5.74, 6) is 0.719. The van der Waals surface area contributed by atoms with Crippen LogP contribution in [0.5, 0.6) is 0 Å². The number of nitrogens with zero attached hydrogens (tertiary/aromatic N) is 2. The average Bonchev–Trinajstić information content (AvgIpc) is 2.80. The van der Waals surface area contributed by atoms with Gasteiger partial charge in [-0.3, -0.25) is 0 Å². The molecule has 1 aromatic carbocycles. The summed E-state index contributed by atoms with van der Waals surface area (Å²) in [6.45, 7) is 1.84. The summed E-state index contributed by atoms with van der Waals surface area (Å²) >= 11 is 0. The molecule has 3 rings (SSSR count). The van der Waals surface area contributed by atoms with Crippen molar-refractivity contribution >= 4 is 16.9 Å². The number of benzene rings is 1. The van der Waals surface area contributed by atoms with E-state index in [9.17, 15) is 0 Å². The van der Waals surface area contributed by atoms with Crippen molar-refractivity contribution in [3.63, 3.8) is 0 Å². The fourth-order valence-corrected chi connectivity index (χ4v) is 2.99. The zero-order chi connectivity index (χ0) is 14.3. The second-order valence-corrected chi connectivity index (χ2v) is 5.82. The lowest BCUT2D eigenvalue weighted by Crippen LogP contribution is -2.32. The minimum atomic E-state index is 0.701. The Kier molecular flexibility index (Phi) is 5.00. The molecular formula is C17H24N4. The third-order valence-corrected chi connectivity index (χ3v) is 4.19. The molecule has 0 amide bonds. The molecule has 1 heterocycles. The predicted octanol–water partition coefficient (Wildman–Crippen LogP) is 3.35. The molecule has 4 nitrogen and oxygen atoms in total. The summed E-state index contributed by atoms with van der Waals surface area (Å²) in [6.07, 6.45) is 10.1.